The smallest absolute Gasteiger partial charge is 0.166 e. The van der Waals surface area contributed by atoms with Crippen molar-refractivity contribution in [3.8, 4) is 11.5 Å². The fourth-order valence-electron chi connectivity index (χ4n) is 1.69. The van der Waals surface area contributed by atoms with Crippen LogP contribution in [-0.4, -0.2) is 6.04 Å². The highest BCUT2D eigenvalue weighted by Crippen LogP contribution is 2.26. The molecule has 2 nitrogen and oxygen atoms in total. The molecule has 0 unspecified atom stereocenters. The van der Waals surface area contributed by atoms with Crippen molar-refractivity contribution in [2.24, 2.45) is 0 Å². The molecular formula is C16H17BrFNO. The number of ether oxygens (including phenoxy) is 1. The van der Waals surface area contributed by atoms with Crippen molar-refractivity contribution in [3.63, 3.8) is 0 Å². The van der Waals surface area contributed by atoms with E-state index < -0.39 is 0 Å². The zero-order valence-corrected chi connectivity index (χ0v) is 13.1. The molecule has 2 aromatic rings. The van der Waals surface area contributed by atoms with Crippen LogP contribution >= 0.6 is 15.9 Å². The van der Waals surface area contributed by atoms with Gasteiger partial charge < -0.3 is 10.1 Å². The van der Waals surface area contributed by atoms with Gasteiger partial charge in [0.25, 0.3) is 0 Å². The van der Waals surface area contributed by atoms with Crippen molar-refractivity contribution in [2.75, 3.05) is 0 Å². The molecule has 1 N–H and O–H groups in total. The standard InChI is InChI=1S/C16H17BrFNO/c1-11(2)19-10-12-3-8-16(15(18)9-12)20-14-6-4-13(17)5-7-14/h3-9,11,19H,10H2,1-2H3. The predicted molar refractivity (Wildman–Crippen MR) is 82.6 cm³/mol. The summed E-state index contributed by atoms with van der Waals surface area (Å²) in [4.78, 5) is 0. The molecule has 0 bridgehead atoms. The van der Waals surface area contributed by atoms with Crippen molar-refractivity contribution in [3.05, 3.63) is 58.3 Å². The Balaban J connectivity index is 2.07. The largest absolute Gasteiger partial charge is 0.454 e. The van der Waals surface area contributed by atoms with Gasteiger partial charge in [-0.15, -0.1) is 0 Å². The molecule has 0 heterocycles. The highest BCUT2D eigenvalue weighted by atomic mass is 79.9. The van der Waals surface area contributed by atoms with E-state index in [0.29, 0.717) is 18.3 Å². The van der Waals surface area contributed by atoms with Gasteiger partial charge in [0, 0.05) is 17.1 Å². The first-order valence-electron chi connectivity index (χ1n) is 6.50. The van der Waals surface area contributed by atoms with E-state index in [4.69, 9.17) is 4.74 Å². The maximum atomic E-state index is 14.0. The molecule has 20 heavy (non-hydrogen) atoms. The van der Waals surface area contributed by atoms with Crippen molar-refractivity contribution in [1.82, 2.24) is 5.32 Å². The summed E-state index contributed by atoms with van der Waals surface area (Å²) in [6.07, 6.45) is 0. The third kappa shape index (κ3) is 4.32. The summed E-state index contributed by atoms with van der Waals surface area (Å²) >= 11 is 3.35. The summed E-state index contributed by atoms with van der Waals surface area (Å²) < 4.78 is 20.5. The molecule has 0 radical (unpaired) electrons. The SMILES string of the molecule is CC(C)NCc1ccc(Oc2ccc(Br)cc2)c(F)c1. The topological polar surface area (TPSA) is 21.3 Å². The van der Waals surface area contributed by atoms with Crippen LogP contribution in [0, 0.1) is 5.82 Å². The van der Waals surface area contributed by atoms with Crippen LogP contribution in [-0.2, 0) is 6.54 Å². The van der Waals surface area contributed by atoms with E-state index in [1.54, 1.807) is 18.2 Å². The van der Waals surface area contributed by atoms with Gasteiger partial charge in [0.2, 0.25) is 0 Å². The summed E-state index contributed by atoms with van der Waals surface area (Å²) in [5.74, 6) is 0.497. The van der Waals surface area contributed by atoms with Gasteiger partial charge in [0.05, 0.1) is 0 Å². The Hall–Kier alpha value is -1.39. The van der Waals surface area contributed by atoms with E-state index in [-0.39, 0.29) is 11.6 Å². The van der Waals surface area contributed by atoms with Crippen LogP contribution in [0.4, 0.5) is 4.39 Å². The second kappa shape index (κ2) is 6.86. The van der Waals surface area contributed by atoms with Crippen LogP contribution in [0.1, 0.15) is 19.4 Å². The fourth-order valence-corrected chi connectivity index (χ4v) is 1.95. The first-order chi connectivity index (χ1) is 9.54. The normalized spacial score (nSPS) is 10.8. The molecule has 0 spiro atoms. The lowest BCUT2D eigenvalue weighted by molar-refractivity contribution is 0.441. The number of halogens is 2. The number of hydrogen-bond acceptors (Lipinski definition) is 2. The first kappa shape index (κ1) is 15.0. The Morgan fingerprint density at radius 1 is 1.15 bits per heavy atom. The minimum Gasteiger partial charge on any atom is -0.454 e. The molecule has 0 saturated carbocycles. The molecule has 0 amide bonds. The van der Waals surface area contributed by atoms with Gasteiger partial charge in [-0.3, -0.25) is 0 Å². The van der Waals surface area contributed by atoms with E-state index in [2.05, 4.69) is 35.1 Å². The van der Waals surface area contributed by atoms with Crippen LogP contribution in [0.5, 0.6) is 11.5 Å². The molecule has 0 fully saturated rings. The maximum Gasteiger partial charge on any atom is 0.166 e. The van der Waals surface area contributed by atoms with Crippen molar-refractivity contribution in [2.45, 2.75) is 26.4 Å². The van der Waals surface area contributed by atoms with Crippen LogP contribution in [0.15, 0.2) is 46.9 Å². The Kier molecular flexibility index (Phi) is 5.15. The number of rotatable bonds is 5. The summed E-state index contributed by atoms with van der Waals surface area (Å²) in [5, 5.41) is 3.25. The van der Waals surface area contributed by atoms with Crippen LogP contribution in [0.25, 0.3) is 0 Å². The second-order valence-corrected chi connectivity index (χ2v) is 5.77. The minimum atomic E-state index is -0.351. The average molecular weight is 338 g/mol. The molecule has 0 aliphatic carbocycles. The Morgan fingerprint density at radius 3 is 2.45 bits per heavy atom. The van der Waals surface area contributed by atoms with Gasteiger partial charge in [0.1, 0.15) is 5.75 Å². The zero-order chi connectivity index (χ0) is 14.5. The van der Waals surface area contributed by atoms with E-state index in [9.17, 15) is 4.39 Å². The molecular weight excluding hydrogens is 321 g/mol. The summed E-state index contributed by atoms with van der Waals surface area (Å²) in [7, 11) is 0. The zero-order valence-electron chi connectivity index (χ0n) is 11.5. The van der Waals surface area contributed by atoms with Gasteiger partial charge in [-0.05, 0) is 42.0 Å². The molecule has 106 valence electrons. The van der Waals surface area contributed by atoms with Crippen LogP contribution in [0.3, 0.4) is 0 Å². The summed E-state index contributed by atoms with van der Waals surface area (Å²) in [6, 6.07) is 12.7. The monoisotopic (exact) mass is 337 g/mol. The second-order valence-electron chi connectivity index (χ2n) is 4.86. The maximum absolute atomic E-state index is 14.0. The lowest BCUT2D eigenvalue weighted by Gasteiger charge is -2.10. The number of hydrogen-bond donors (Lipinski definition) is 1. The van der Waals surface area contributed by atoms with Crippen LogP contribution in [0.2, 0.25) is 0 Å². The molecule has 2 aromatic carbocycles. The van der Waals surface area contributed by atoms with Gasteiger partial charge in [0.15, 0.2) is 11.6 Å². The highest BCUT2D eigenvalue weighted by Gasteiger charge is 2.06. The van der Waals surface area contributed by atoms with Gasteiger partial charge in [-0.2, -0.15) is 0 Å². The summed E-state index contributed by atoms with van der Waals surface area (Å²) in [5.41, 5.74) is 0.902. The number of nitrogens with one attached hydrogen (secondary N) is 1. The average Bonchev–Trinajstić information content (AvgIpc) is 2.41. The van der Waals surface area contributed by atoms with Crippen molar-refractivity contribution >= 4 is 15.9 Å². The third-order valence-electron chi connectivity index (χ3n) is 2.75. The summed E-state index contributed by atoms with van der Waals surface area (Å²) in [6.45, 7) is 4.76. The molecule has 0 aliphatic rings. The Labute approximate surface area is 127 Å². The van der Waals surface area contributed by atoms with Gasteiger partial charge in [-0.25, -0.2) is 4.39 Å². The van der Waals surface area contributed by atoms with Gasteiger partial charge in [-0.1, -0.05) is 35.8 Å². The molecule has 2 rings (SSSR count). The minimum absolute atomic E-state index is 0.237. The molecule has 0 atom stereocenters. The van der Waals surface area contributed by atoms with Crippen LogP contribution < -0.4 is 10.1 Å². The fraction of sp³-hybridized carbons (Fsp3) is 0.250. The van der Waals surface area contributed by atoms with E-state index in [1.807, 2.05) is 18.2 Å². The Bertz CT molecular complexity index is 569. The lowest BCUT2D eigenvalue weighted by atomic mass is 10.2. The molecule has 4 heteroatoms. The first-order valence-corrected chi connectivity index (χ1v) is 7.29. The lowest BCUT2D eigenvalue weighted by Crippen LogP contribution is -2.21. The van der Waals surface area contributed by atoms with E-state index in [1.165, 1.54) is 6.07 Å². The van der Waals surface area contributed by atoms with Crippen molar-refractivity contribution in [1.29, 1.82) is 0 Å². The molecule has 0 aliphatic heterocycles. The molecule has 0 saturated heterocycles. The molecule has 0 aromatic heterocycles. The number of benzene rings is 2. The highest BCUT2D eigenvalue weighted by molar-refractivity contribution is 9.10. The van der Waals surface area contributed by atoms with Crippen molar-refractivity contribution < 1.29 is 9.13 Å². The van der Waals surface area contributed by atoms with E-state index in [0.717, 1.165) is 10.0 Å². The van der Waals surface area contributed by atoms with Gasteiger partial charge >= 0.3 is 0 Å². The van der Waals surface area contributed by atoms with E-state index >= 15 is 0 Å². The predicted octanol–water partition coefficient (Wildman–Crippen LogP) is 4.88. The third-order valence-corrected chi connectivity index (χ3v) is 3.28. The Morgan fingerprint density at radius 2 is 1.85 bits per heavy atom. The quantitative estimate of drug-likeness (QED) is 0.839.